The van der Waals surface area contributed by atoms with E-state index in [0.717, 1.165) is 33.5 Å². The molecule has 0 saturated carbocycles. The van der Waals surface area contributed by atoms with Gasteiger partial charge in [-0.05, 0) is 24.3 Å². The van der Waals surface area contributed by atoms with Crippen LogP contribution in [0.4, 0.5) is 0 Å². The van der Waals surface area contributed by atoms with Gasteiger partial charge in [0.05, 0.1) is 5.56 Å². The summed E-state index contributed by atoms with van der Waals surface area (Å²) in [6.45, 7) is 0.869. The molecular formula is C18H16N2O2S2Zn. The summed E-state index contributed by atoms with van der Waals surface area (Å²) in [6, 6.07) is 14.5. The molecule has 2 N–H and O–H groups in total. The van der Waals surface area contributed by atoms with Crippen LogP contribution in [0.5, 0.6) is 11.5 Å². The minimum absolute atomic E-state index is 0. The maximum atomic E-state index is 9.48. The predicted molar refractivity (Wildman–Crippen MR) is 101 cm³/mol. The number of para-hydroxylation sites is 2. The molecule has 0 radical (unpaired) electrons. The number of aromatic nitrogens is 1. The number of phenolic OH excluding ortho intramolecular Hbond substituents is 2. The van der Waals surface area contributed by atoms with Crippen molar-refractivity contribution in [1.82, 2.24) is 4.98 Å². The minimum Gasteiger partial charge on any atom is -0.507 e. The first-order chi connectivity index (χ1) is 11.8. The fourth-order valence-electron chi connectivity index (χ4n) is 2.16. The van der Waals surface area contributed by atoms with Crippen molar-refractivity contribution in [2.24, 2.45) is 4.99 Å². The van der Waals surface area contributed by atoms with Crippen molar-refractivity contribution in [2.45, 2.75) is 0 Å². The summed E-state index contributed by atoms with van der Waals surface area (Å²) in [5.41, 5.74) is 1.66. The van der Waals surface area contributed by atoms with Gasteiger partial charge < -0.3 is 10.2 Å². The number of aliphatic imine (C=N–C) groups is 1. The van der Waals surface area contributed by atoms with Gasteiger partial charge in [0.25, 0.3) is 0 Å². The number of hydrogen-bond donors (Lipinski definition) is 2. The monoisotopic (exact) mass is 420 g/mol. The first-order valence-electron chi connectivity index (χ1n) is 7.39. The van der Waals surface area contributed by atoms with Gasteiger partial charge in [-0.3, -0.25) is 4.99 Å². The van der Waals surface area contributed by atoms with E-state index < -0.39 is 0 Å². The zero-order valence-electron chi connectivity index (χ0n) is 13.5. The van der Waals surface area contributed by atoms with Gasteiger partial charge in [-0.2, -0.15) is 0 Å². The van der Waals surface area contributed by atoms with E-state index in [1.165, 1.54) is 11.3 Å². The molecule has 4 nitrogen and oxygen atoms in total. The molecule has 4 rings (SSSR count). The summed E-state index contributed by atoms with van der Waals surface area (Å²) in [4.78, 5) is 8.39. The number of benzene rings is 2. The third-order valence-corrected chi connectivity index (χ3v) is 5.10. The number of thioether (sulfide) groups is 1. The first-order valence-corrected chi connectivity index (χ1v) is 9.25. The third-order valence-electron chi connectivity index (χ3n) is 3.29. The third kappa shape index (κ3) is 5.14. The topological polar surface area (TPSA) is 65.7 Å². The summed E-state index contributed by atoms with van der Waals surface area (Å²) in [5, 5.41) is 22.6. The van der Waals surface area contributed by atoms with E-state index in [9.17, 15) is 10.2 Å². The average molecular weight is 422 g/mol. The zero-order valence-corrected chi connectivity index (χ0v) is 18.1. The van der Waals surface area contributed by atoms with Gasteiger partial charge in [0, 0.05) is 48.9 Å². The Morgan fingerprint density at radius 1 is 0.880 bits per heavy atom. The van der Waals surface area contributed by atoms with Gasteiger partial charge in [-0.1, -0.05) is 24.3 Å². The Balaban J connectivity index is 0.000000173. The maximum Gasteiger partial charge on any atom is 0.126 e. The Labute approximate surface area is 167 Å². The van der Waals surface area contributed by atoms with Crippen molar-refractivity contribution in [3.63, 3.8) is 0 Å². The molecular weight excluding hydrogens is 406 g/mol. The van der Waals surface area contributed by atoms with Gasteiger partial charge in [-0.15, -0.1) is 23.1 Å². The second-order valence-corrected chi connectivity index (χ2v) is 6.89. The molecule has 0 unspecified atom stereocenters. The Kier molecular flexibility index (Phi) is 7.62. The van der Waals surface area contributed by atoms with Gasteiger partial charge in [0.15, 0.2) is 0 Å². The van der Waals surface area contributed by atoms with Crippen molar-refractivity contribution in [3.8, 4) is 22.1 Å². The van der Waals surface area contributed by atoms with Crippen LogP contribution in [0, 0.1) is 0 Å². The van der Waals surface area contributed by atoms with Gasteiger partial charge in [-0.25, -0.2) is 4.98 Å². The number of nitrogens with zero attached hydrogens (tertiary/aromatic N) is 2. The molecule has 0 fully saturated rings. The Morgan fingerprint density at radius 3 is 2.04 bits per heavy atom. The van der Waals surface area contributed by atoms with E-state index in [1.807, 2.05) is 35.7 Å². The van der Waals surface area contributed by atoms with Crippen LogP contribution < -0.4 is 0 Å². The predicted octanol–water partition coefficient (Wildman–Crippen LogP) is 4.40. The van der Waals surface area contributed by atoms with Crippen LogP contribution in [0.25, 0.3) is 10.6 Å². The molecule has 0 spiro atoms. The van der Waals surface area contributed by atoms with Gasteiger partial charge >= 0.3 is 0 Å². The molecule has 0 aliphatic carbocycles. The van der Waals surface area contributed by atoms with E-state index in [1.54, 1.807) is 36.2 Å². The molecule has 2 heterocycles. The second-order valence-electron chi connectivity index (χ2n) is 4.91. The molecule has 0 saturated heterocycles. The van der Waals surface area contributed by atoms with Crippen molar-refractivity contribution in [1.29, 1.82) is 0 Å². The van der Waals surface area contributed by atoms with E-state index in [-0.39, 0.29) is 25.2 Å². The quantitative estimate of drug-likeness (QED) is 0.602. The summed E-state index contributed by atoms with van der Waals surface area (Å²) >= 11 is 3.22. The fourth-order valence-corrected chi connectivity index (χ4v) is 3.72. The number of phenols is 2. The summed E-state index contributed by atoms with van der Waals surface area (Å²) in [6.07, 6.45) is 1.73. The largest absolute Gasteiger partial charge is 0.507 e. The summed E-state index contributed by atoms with van der Waals surface area (Å²) in [5.74, 6) is 1.64. The number of rotatable bonds is 2. The summed E-state index contributed by atoms with van der Waals surface area (Å²) < 4.78 is 0. The molecule has 1 aliphatic rings. The van der Waals surface area contributed by atoms with Crippen LogP contribution in [-0.2, 0) is 19.5 Å². The van der Waals surface area contributed by atoms with Crippen molar-refractivity contribution in [3.05, 3.63) is 65.7 Å². The molecule has 2 aromatic carbocycles. The first kappa shape index (κ1) is 19.6. The fraction of sp³-hybridized carbons (Fsp3) is 0.111. The molecule has 0 bridgehead atoms. The van der Waals surface area contributed by atoms with Crippen molar-refractivity contribution >= 4 is 28.1 Å². The molecule has 3 aromatic rings. The van der Waals surface area contributed by atoms with Crippen LogP contribution in [0.1, 0.15) is 5.56 Å². The van der Waals surface area contributed by atoms with Crippen LogP contribution in [0.15, 0.2) is 65.1 Å². The van der Waals surface area contributed by atoms with Crippen LogP contribution >= 0.6 is 23.1 Å². The molecule has 7 heteroatoms. The number of thiazole rings is 1. The van der Waals surface area contributed by atoms with Crippen LogP contribution in [0.3, 0.4) is 0 Å². The van der Waals surface area contributed by atoms with Crippen LogP contribution in [0.2, 0.25) is 0 Å². The zero-order chi connectivity index (χ0) is 16.8. The van der Waals surface area contributed by atoms with E-state index >= 15 is 0 Å². The SMILES string of the molecule is Oc1ccccc1-c1nccs1.Oc1ccccc1C1=NCCS1.[Zn]. The number of aromatic hydroxyl groups is 2. The van der Waals surface area contributed by atoms with Crippen molar-refractivity contribution < 1.29 is 29.7 Å². The standard InChI is InChI=1S/C9H9NOS.C9H7NOS.Zn/c2*11-8-4-2-1-3-7(8)9-10-5-6-12-9;/h1-4,11H,5-6H2;1-6,11H;. The molecule has 1 aliphatic heterocycles. The molecule has 0 atom stereocenters. The Bertz CT molecular complexity index is 839. The van der Waals surface area contributed by atoms with E-state index in [4.69, 9.17) is 0 Å². The molecule has 1 aromatic heterocycles. The second kappa shape index (κ2) is 9.71. The van der Waals surface area contributed by atoms with Gasteiger partial charge in [0.2, 0.25) is 0 Å². The van der Waals surface area contributed by atoms with Crippen molar-refractivity contribution in [2.75, 3.05) is 12.3 Å². The smallest absolute Gasteiger partial charge is 0.126 e. The molecule has 0 amide bonds. The Hall–Kier alpha value is -1.69. The van der Waals surface area contributed by atoms with Gasteiger partial charge in [0.1, 0.15) is 21.6 Å². The van der Waals surface area contributed by atoms with E-state index in [0.29, 0.717) is 5.75 Å². The maximum absolute atomic E-state index is 9.48. The Morgan fingerprint density at radius 2 is 1.52 bits per heavy atom. The number of hydrogen-bond acceptors (Lipinski definition) is 6. The summed E-state index contributed by atoms with van der Waals surface area (Å²) in [7, 11) is 0. The van der Waals surface area contributed by atoms with Crippen LogP contribution in [-0.4, -0.2) is 32.5 Å². The average Bonchev–Trinajstić information content (AvgIpc) is 3.30. The molecule has 124 valence electrons. The van der Waals surface area contributed by atoms with E-state index in [2.05, 4.69) is 9.98 Å². The molecule has 25 heavy (non-hydrogen) atoms. The normalized spacial score (nSPS) is 12.6. The minimum atomic E-state index is 0.